The van der Waals surface area contributed by atoms with Crippen LogP contribution >= 0.6 is 23.4 Å². The van der Waals surface area contributed by atoms with Gasteiger partial charge in [0.2, 0.25) is 5.91 Å². The van der Waals surface area contributed by atoms with Crippen LogP contribution in [-0.4, -0.2) is 26.1 Å². The van der Waals surface area contributed by atoms with Gasteiger partial charge in [0.25, 0.3) is 11.2 Å². The molecule has 1 heterocycles. The normalized spacial score (nSPS) is 10.8. The van der Waals surface area contributed by atoms with Gasteiger partial charge in [0, 0.05) is 17.6 Å². The fraction of sp³-hybridized carbons (Fsp3) is 0.211. The summed E-state index contributed by atoms with van der Waals surface area (Å²) in [4.78, 5) is 40.2. The fourth-order valence-electron chi connectivity index (χ4n) is 2.76. The second-order valence-electron chi connectivity index (χ2n) is 6.12. The van der Waals surface area contributed by atoms with Gasteiger partial charge in [0.05, 0.1) is 21.6 Å². The van der Waals surface area contributed by atoms with Gasteiger partial charge in [-0.05, 0) is 30.7 Å². The van der Waals surface area contributed by atoms with Crippen molar-refractivity contribution in [2.75, 3.05) is 11.1 Å². The van der Waals surface area contributed by atoms with E-state index in [9.17, 15) is 19.7 Å². The quantitative estimate of drug-likeness (QED) is 0.260. The van der Waals surface area contributed by atoms with Crippen LogP contribution in [0.3, 0.4) is 0 Å². The molecule has 1 N–H and O–H groups in total. The molecule has 2 aromatic carbocycles. The number of amides is 1. The van der Waals surface area contributed by atoms with Crippen LogP contribution in [0.5, 0.6) is 0 Å². The first-order valence-electron chi connectivity index (χ1n) is 8.77. The van der Waals surface area contributed by atoms with Gasteiger partial charge >= 0.3 is 0 Å². The first kappa shape index (κ1) is 20.8. The fourth-order valence-corrected chi connectivity index (χ4v) is 3.75. The molecule has 0 saturated heterocycles. The Morgan fingerprint density at radius 1 is 1.31 bits per heavy atom. The van der Waals surface area contributed by atoms with Gasteiger partial charge in [0.15, 0.2) is 5.16 Å². The van der Waals surface area contributed by atoms with Crippen molar-refractivity contribution in [3.05, 3.63) is 68.0 Å². The molecule has 1 aromatic heterocycles. The molecule has 0 aliphatic carbocycles. The number of thioether (sulfide) groups is 1. The Morgan fingerprint density at radius 3 is 2.79 bits per heavy atom. The van der Waals surface area contributed by atoms with E-state index in [2.05, 4.69) is 10.3 Å². The molecule has 0 saturated carbocycles. The monoisotopic (exact) mass is 432 g/mol. The van der Waals surface area contributed by atoms with E-state index < -0.39 is 10.8 Å². The van der Waals surface area contributed by atoms with E-state index in [-0.39, 0.29) is 22.7 Å². The summed E-state index contributed by atoms with van der Waals surface area (Å²) in [5.74, 6) is -0.498. The molecule has 0 aliphatic heterocycles. The zero-order valence-corrected chi connectivity index (χ0v) is 17.0. The molecule has 0 radical (unpaired) electrons. The maximum absolute atomic E-state index is 12.8. The number of carbonyl (C=O) groups excluding carboxylic acids is 1. The number of nitro groups is 1. The number of hydrogen-bond acceptors (Lipinski definition) is 6. The molecule has 8 nitrogen and oxygen atoms in total. The zero-order valence-electron chi connectivity index (χ0n) is 15.4. The minimum Gasteiger partial charge on any atom is -0.320 e. The summed E-state index contributed by atoms with van der Waals surface area (Å²) in [7, 11) is 0. The molecule has 3 rings (SSSR count). The largest absolute Gasteiger partial charge is 0.320 e. The molecule has 0 aliphatic rings. The summed E-state index contributed by atoms with van der Waals surface area (Å²) in [5.41, 5.74) is 0.186. The Kier molecular flexibility index (Phi) is 6.50. The van der Waals surface area contributed by atoms with Gasteiger partial charge in [-0.25, -0.2) is 4.98 Å². The van der Waals surface area contributed by atoms with E-state index >= 15 is 0 Å². The Balaban J connectivity index is 1.84. The van der Waals surface area contributed by atoms with Crippen molar-refractivity contribution < 1.29 is 9.72 Å². The van der Waals surface area contributed by atoms with Crippen molar-refractivity contribution in [3.63, 3.8) is 0 Å². The summed E-state index contributed by atoms with van der Waals surface area (Å²) in [5, 5.41) is 14.9. The minimum atomic E-state index is -0.559. The lowest BCUT2D eigenvalue weighted by Gasteiger charge is -2.12. The first-order valence-corrected chi connectivity index (χ1v) is 10.1. The van der Waals surface area contributed by atoms with Crippen molar-refractivity contribution in [2.24, 2.45) is 0 Å². The number of nitrogens with one attached hydrogen (secondary N) is 1. The SMILES string of the molecule is CCCn1c(SCC(=O)Nc2ccccc2[N+](=O)[O-])nc2cc(Cl)ccc2c1=O. The highest BCUT2D eigenvalue weighted by Gasteiger charge is 2.17. The third-order valence-corrected chi connectivity index (χ3v) is 5.25. The van der Waals surface area contributed by atoms with Gasteiger partial charge in [-0.2, -0.15) is 0 Å². The molecule has 0 fully saturated rings. The molecule has 0 unspecified atom stereocenters. The minimum absolute atomic E-state index is 0.0612. The van der Waals surface area contributed by atoms with Crippen molar-refractivity contribution in [1.82, 2.24) is 9.55 Å². The van der Waals surface area contributed by atoms with Crippen molar-refractivity contribution >= 4 is 51.5 Å². The van der Waals surface area contributed by atoms with E-state index in [1.165, 1.54) is 22.8 Å². The summed E-state index contributed by atoms with van der Waals surface area (Å²) in [6.07, 6.45) is 0.719. The lowest BCUT2D eigenvalue weighted by Crippen LogP contribution is -2.24. The van der Waals surface area contributed by atoms with Crippen molar-refractivity contribution in [3.8, 4) is 0 Å². The number of nitro benzene ring substituents is 1. The van der Waals surface area contributed by atoms with Crippen LogP contribution in [0.25, 0.3) is 10.9 Å². The number of aromatic nitrogens is 2. The summed E-state index contributed by atoms with van der Waals surface area (Å²) < 4.78 is 1.53. The summed E-state index contributed by atoms with van der Waals surface area (Å²) in [6.45, 7) is 2.40. The van der Waals surface area contributed by atoms with Gasteiger partial charge in [-0.15, -0.1) is 0 Å². The molecular formula is C19H17ClN4O4S. The van der Waals surface area contributed by atoms with E-state index in [0.29, 0.717) is 27.6 Å². The van der Waals surface area contributed by atoms with Crippen LogP contribution in [0.4, 0.5) is 11.4 Å². The predicted molar refractivity (Wildman–Crippen MR) is 114 cm³/mol. The highest BCUT2D eigenvalue weighted by Crippen LogP contribution is 2.24. The lowest BCUT2D eigenvalue weighted by atomic mass is 10.2. The second kappa shape index (κ2) is 9.06. The van der Waals surface area contributed by atoms with E-state index in [4.69, 9.17) is 11.6 Å². The standard InChI is InChI=1S/C19H17ClN4O4S/c1-2-9-23-18(26)13-8-7-12(20)10-15(13)22-19(23)29-11-17(25)21-14-5-3-4-6-16(14)24(27)28/h3-8,10H,2,9,11H2,1H3,(H,21,25). The number of hydrogen-bond donors (Lipinski definition) is 1. The Hall–Kier alpha value is -2.91. The molecule has 10 heteroatoms. The van der Waals surface area contributed by atoms with Crippen LogP contribution in [0.1, 0.15) is 13.3 Å². The van der Waals surface area contributed by atoms with Gasteiger partial charge < -0.3 is 5.32 Å². The van der Waals surface area contributed by atoms with Crippen LogP contribution < -0.4 is 10.9 Å². The number of fused-ring (bicyclic) bond motifs is 1. The van der Waals surface area contributed by atoms with E-state index in [1.807, 2.05) is 6.92 Å². The highest BCUT2D eigenvalue weighted by atomic mass is 35.5. The average Bonchev–Trinajstić information content (AvgIpc) is 2.69. The van der Waals surface area contributed by atoms with Crippen LogP contribution in [0.15, 0.2) is 52.4 Å². The van der Waals surface area contributed by atoms with Crippen LogP contribution in [-0.2, 0) is 11.3 Å². The van der Waals surface area contributed by atoms with Crippen molar-refractivity contribution in [1.29, 1.82) is 0 Å². The number of anilines is 1. The Labute approximate surface area is 175 Å². The number of carbonyl (C=O) groups is 1. The number of nitrogens with zero attached hydrogens (tertiary/aromatic N) is 3. The first-order chi connectivity index (χ1) is 13.9. The highest BCUT2D eigenvalue weighted by molar-refractivity contribution is 7.99. The maximum atomic E-state index is 12.8. The van der Waals surface area contributed by atoms with Gasteiger partial charge in [-0.3, -0.25) is 24.3 Å². The molecule has 1 amide bonds. The van der Waals surface area contributed by atoms with Crippen LogP contribution in [0, 0.1) is 10.1 Å². The van der Waals surface area contributed by atoms with E-state index in [1.54, 1.807) is 24.3 Å². The zero-order chi connectivity index (χ0) is 21.0. The second-order valence-corrected chi connectivity index (χ2v) is 7.50. The molecule has 29 heavy (non-hydrogen) atoms. The lowest BCUT2D eigenvalue weighted by molar-refractivity contribution is -0.383. The van der Waals surface area contributed by atoms with Gasteiger partial charge in [-0.1, -0.05) is 42.4 Å². The number of benzene rings is 2. The number of para-hydroxylation sites is 2. The molecule has 150 valence electrons. The average molecular weight is 433 g/mol. The third-order valence-electron chi connectivity index (χ3n) is 4.04. The Bertz CT molecular complexity index is 1150. The molecule has 0 atom stereocenters. The third kappa shape index (κ3) is 4.75. The smallest absolute Gasteiger partial charge is 0.292 e. The molecule has 0 spiro atoms. The summed E-state index contributed by atoms with van der Waals surface area (Å²) in [6, 6.07) is 10.8. The molecule has 3 aromatic rings. The predicted octanol–water partition coefficient (Wildman–Crippen LogP) is 4.10. The number of halogens is 1. The van der Waals surface area contributed by atoms with E-state index in [0.717, 1.165) is 18.2 Å². The number of rotatable bonds is 7. The van der Waals surface area contributed by atoms with Crippen LogP contribution in [0.2, 0.25) is 5.02 Å². The topological polar surface area (TPSA) is 107 Å². The Morgan fingerprint density at radius 2 is 2.07 bits per heavy atom. The van der Waals surface area contributed by atoms with Crippen molar-refractivity contribution in [2.45, 2.75) is 25.0 Å². The van der Waals surface area contributed by atoms with Gasteiger partial charge in [0.1, 0.15) is 5.69 Å². The maximum Gasteiger partial charge on any atom is 0.292 e. The summed E-state index contributed by atoms with van der Waals surface area (Å²) >= 11 is 7.10. The molecular weight excluding hydrogens is 416 g/mol. The molecule has 0 bridgehead atoms.